The van der Waals surface area contributed by atoms with Crippen molar-refractivity contribution in [2.75, 3.05) is 6.54 Å². The molecule has 0 radical (unpaired) electrons. The molecule has 1 aliphatic heterocycles. The van der Waals surface area contributed by atoms with Gasteiger partial charge in [0.05, 0.1) is 21.9 Å². The average Bonchev–Trinajstić information content (AvgIpc) is 2.84. The van der Waals surface area contributed by atoms with E-state index in [4.69, 9.17) is 0 Å². The molecule has 16 heavy (non-hydrogen) atoms. The van der Waals surface area contributed by atoms with Gasteiger partial charge in [0.1, 0.15) is 0 Å². The minimum atomic E-state index is 0.125. The van der Waals surface area contributed by atoms with Crippen molar-refractivity contribution in [2.24, 2.45) is 0 Å². The van der Waals surface area contributed by atoms with Gasteiger partial charge in [-0.05, 0) is 55.6 Å². The van der Waals surface area contributed by atoms with E-state index in [9.17, 15) is 0 Å². The Kier molecular flexibility index (Phi) is 3.40. The lowest BCUT2D eigenvalue weighted by Gasteiger charge is -2.30. The number of hydrogen-bond donors (Lipinski definition) is 1. The molecule has 0 amide bonds. The third-order valence-electron chi connectivity index (χ3n) is 3.54. The van der Waals surface area contributed by atoms with E-state index in [1.807, 2.05) is 6.20 Å². The summed E-state index contributed by atoms with van der Waals surface area (Å²) in [6.07, 6.45) is 5.50. The number of nitrogens with zero attached hydrogens (tertiary/aromatic N) is 2. The molecular formula is C12H20BrN3. The van der Waals surface area contributed by atoms with Gasteiger partial charge in [-0.1, -0.05) is 6.92 Å². The van der Waals surface area contributed by atoms with Crippen LogP contribution < -0.4 is 5.32 Å². The van der Waals surface area contributed by atoms with Crippen molar-refractivity contribution >= 4 is 15.9 Å². The number of nitrogens with one attached hydrogen (secondary N) is 1. The molecule has 0 saturated carbocycles. The summed E-state index contributed by atoms with van der Waals surface area (Å²) in [7, 11) is 0. The summed E-state index contributed by atoms with van der Waals surface area (Å²) in [5.41, 5.74) is 1.45. The van der Waals surface area contributed by atoms with Gasteiger partial charge in [-0.2, -0.15) is 5.10 Å². The quantitative estimate of drug-likeness (QED) is 0.924. The molecule has 1 saturated heterocycles. The van der Waals surface area contributed by atoms with Gasteiger partial charge in [-0.3, -0.25) is 4.68 Å². The summed E-state index contributed by atoms with van der Waals surface area (Å²) in [4.78, 5) is 0. The van der Waals surface area contributed by atoms with E-state index in [0.29, 0.717) is 6.04 Å². The van der Waals surface area contributed by atoms with Crippen LogP contribution in [0.25, 0.3) is 0 Å². The fourth-order valence-corrected chi connectivity index (χ4v) is 3.31. The molecule has 3 nitrogen and oxygen atoms in total. The predicted molar refractivity (Wildman–Crippen MR) is 69.5 cm³/mol. The standard InChI is InChI=1S/C12H20BrN3/c1-4-12(6-5-7-14-12)11-10(13)8-15-16(11)9(2)3/h8-9,14H,4-7H2,1-3H3. The molecule has 1 atom stereocenters. The van der Waals surface area contributed by atoms with E-state index in [1.165, 1.54) is 18.5 Å². The zero-order chi connectivity index (χ0) is 11.8. The Balaban J connectivity index is 2.48. The number of rotatable bonds is 3. The predicted octanol–water partition coefficient (Wildman–Crippen LogP) is 3.22. The first-order chi connectivity index (χ1) is 7.60. The van der Waals surface area contributed by atoms with Gasteiger partial charge in [0.25, 0.3) is 0 Å². The van der Waals surface area contributed by atoms with Gasteiger partial charge < -0.3 is 5.32 Å². The van der Waals surface area contributed by atoms with Crippen molar-refractivity contribution in [1.29, 1.82) is 0 Å². The van der Waals surface area contributed by atoms with E-state index in [1.54, 1.807) is 0 Å². The molecule has 1 N–H and O–H groups in total. The van der Waals surface area contributed by atoms with Crippen molar-refractivity contribution in [1.82, 2.24) is 15.1 Å². The molecule has 2 rings (SSSR count). The largest absolute Gasteiger partial charge is 0.306 e. The highest BCUT2D eigenvalue weighted by atomic mass is 79.9. The zero-order valence-electron chi connectivity index (χ0n) is 10.3. The Bertz CT molecular complexity index is 364. The van der Waals surface area contributed by atoms with Crippen LogP contribution in [-0.2, 0) is 5.54 Å². The maximum absolute atomic E-state index is 4.48. The molecule has 0 aliphatic carbocycles. The lowest BCUT2D eigenvalue weighted by molar-refractivity contribution is 0.328. The number of halogens is 1. The van der Waals surface area contributed by atoms with E-state index in [-0.39, 0.29) is 5.54 Å². The Morgan fingerprint density at radius 2 is 2.38 bits per heavy atom. The van der Waals surface area contributed by atoms with Crippen molar-refractivity contribution in [3.8, 4) is 0 Å². The summed E-state index contributed by atoms with van der Waals surface area (Å²) in [5, 5.41) is 8.15. The Morgan fingerprint density at radius 3 is 2.88 bits per heavy atom. The lowest BCUT2D eigenvalue weighted by atomic mass is 9.90. The highest BCUT2D eigenvalue weighted by Crippen LogP contribution is 2.38. The first-order valence-corrected chi connectivity index (χ1v) is 6.88. The van der Waals surface area contributed by atoms with E-state index < -0.39 is 0 Å². The summed E-state index contributed by atoms with van der Waals surface area (Å²) in [6, 6.07) is 0.409. The van der Waals surface area contributed by atoms with E-state index in [0.717, 1.165) is 17.4 Å². The molecule has 1 unspecified atom stereocenters. The second-order valence-corrected chi connectivity index (χ2v) is 5.70. The molecule has 90 valence electrons. The van der Waals surface area contributed by atoms with Crippen LogP contribution in [-0.4, -0.2) is 16.3 Å². The normalized spacial score (nSPS) is 25.6. The molecule has 1 fully saturated rings. The smallest absolute Gasteiger partial charge is 0.0730 e. The third kappa shape index (κ3) is 1.82. The minimum absolute atomic E-state index is 0.125. The molecule has 0 aromatic carbocycles. The van der Waals surface area contributed by atoms with Gasteiger partial charge >= 0.3 is 0 Å². The van der Waals surface area contributed by atoms with Crippen molar-refractivity contribution in [2.45, 2.75) is 51.6 Å². The van der Waals surface area contributed by atoms with Crippen molar-refractivity contribution < 1.29 is 0 Å². The Morgan fingerprint density at radius 1 is 1.62 bits per heavy atom. The van der Waals surface area contributed by atoms with Crippen LogP contribution in [0.1, 0.15) is 51.8 Å². The molecular weight excluding hydrogens is 266 g/mol. The van der Waals surface area contributed by atoms with E-state index >= 15 is 0 Å². The van der Waals surface area contributed by atoms with Crippen LogP contribution in [0, 0.1) is 0 Å². The van der Waals surface area contributed by atoms with Crippen LogP contribution in [0.5, 0.6) is 0 Å². The van der Waals surface area contributed by atoms with Gasteiger partial charge in [-0.15, -0.1) is 0 Å². The Hall–Kier alpha value is -0.350. The molecule has 1 aromatic rings. The maximum Gasteiger partial charge on any atom is 0.0730 e. The van der Waals surface area contributed by atoms with Crippen LogP contribution in [0.4, 0.5) is 0 Å². The first kappa shape index (κ1) is 12.1. The van der Waals surface area contributed by atoms with Gasteiger partial charge in [0.15, 0.2) is 0 Å². The average molecular weight is 286 g/mol. The lowest BCUT2D eigenvalue weighted by Crippen LogP contribution is -2.39. The highest BCUT2D eigenvalue weighted by Gasteiger charge is 2.38. The highest BCUT2D eigenvalue weighted by molar-refractivity contribution is 9.10. The monoisotopic (exact) mass is 285 g/mol. The molecule has 4 heteroatoms. The second-order valence-electron chi connectivity index (χ2n) is 4.85. The van der Waals surface area contributed by atoms with Crippen molar-refractivity contribution in [3.05, 3.63) is 16.4 Å². The molecule has 1 aliphatic rings. The second kappa shape index (κ2) is 4.49. The van der Waals surface area contributed by atoms with Crippen LogP contribution in [0.3, 0.4) is 0 Å². The topological polar surface area (TPSA) is 29.9 Å². The summed E-state index contributed by atoms with van der Waals surface area (Å²) < 4.78 is 3.28. The van der Waals surface area contributed by atoms with E-state index in [2.05, 4.69) is 51.8 Å². The fraction of sp³-hybridized carbons (Fsp3) is 0.750. The molecule has 1 aromatic heterocycles. The maximum atomic E-state index is 4.48. The third-order valence-corrected chi connectivity index (χ3v) is 4.12. The first-order valence-electron chi connectivity index (χ1n) is 6.09. The summed E-state index contributed by atoms with van der Waals surface area (Å²) in [6.45, 7) is 7.73. The Labute approximate surface area is 106 Å². The summed E-state index contributed by atoms with van der Waals surface area (Å²) in [5.74, 6) is 0. The van der Waals surface area contributed by atoms with Gasteiger partial charge in [-0.25, -0.2) is 0 Å². The molecule has 0 bridgehead atoms. The van der Waals surface area contributed by atoms with Gasteiger partial charge in [0, 0.05) is 6.04 Å². The number of hydrogen-bond acceptors (Lipinski definition) is 2. The SMILES string of the molecule is CCC1(c2c(Br)cnn2C(C)C)CCCN1. The van der Waals surface area contributed by atoms with Gasteiger partial charge in [0.2, 0.25) is 0 Å². The van der Waals surface area contributed by atoms with Crippen molar-refractivity contribution in [3.63, 3.8) is 0 Å². The molecule has 2 heterocycles. The minimum Gasteiger partial charge on any atom is -0.306 e. The van der Waals surface area contributed by atoms with Crippen LogP contribution in [0.2, 0.25) is 0 Å². The number of aromatic nitrogens is 2. The molecule has 0 spiro atoms. The fourth-order valence-electron chi connectivity index (χ4n) is 2.66. The van der Waals surface area contributed by atoms with Crippen LogP contribution >= 0.6 is 15.9 Å². The summed E-state index contributed by atoms with van der Waals surface area (Å²) >= 11 is 3.65. The van der Waals surface area contributed by atoms with Crippen LogP contribution in [0.15, 0.2) is 10.7 Å². The zero-order valence-corrected chi connectivity index (χ0v) is 11.8.